The molecule has 1 N–H and O–H groups in total. The first-order valence-electron chi connectivity index (χ1n) is 6.76. The molecule has 0 saturated heterocycles. The summed E-state index contributed by atoms with van der Waals surface area (Å²) in [5.41, 5.74) is 2.14. The van der Waals surface area contributed by atoms with Crippen molar-refractivity contribution in [1.82, 2.24) is 5.32 Å². The zero-order chi connectivity index (χ0) is 13.7. The molecule has 1 rings (SSSR count). The summed E-state index contributed by atoms with van der Waals surface area (Å²) in [7, 11) is 2.07. The van der Waals surface area contributed by atoms with Gasteiger partial charge in [-0.25, -0.2) is 4.39 Å². The topological polar surface area (TPSA) is 15.3 Å². The second kappa shape index (κ2) is 6.74. The quantitative estimate of drug-likeness (QED) is 0.830. The first-order valence-corrected chi connectivity index (χ1v) is 6.76. The van der Waals surface area contributed by atoms with Crippen molar-refractivity contribution in [3.63, 3.8) is 0 Å². The predicted molar refractivity (Wildman–Crippen MR) is 76.6 cm³/mol. The van der Waals surface area contributed by atoms with Crippen LogP contribution in [0.5, 0.6) is 0 Å². The fraction of sp³-hybridized carbons (Fsp3) is 0.600. The molecule has 102 valence electrons. The average molecular weight is 252 g/mol. The van der Waals surface area contributed by atoms with Gasteiger partial charge in [-0.2, -0.15) is 0 Å². The molecule has 0 spiro atoms. The Morgan fingerprint density at radius 1 is 1.28 bits per heavy atom. The van der Waals surface area contributed by atoms with Crippen LogP contribution < -0.4 is 10.2 Å². The smallest absolute Gasteiger partial charge is 0.123 e. The van der Waals surface area contributed by atoms with Crippen LogP contribution in [0, 0.1) is 5.82 Å². The Bertz CT molecular complexity index is 379. The van der Waals surface area contributed by atoms with Crippen LogP contribution in [-0.4, -0.2) is 19.6 Å². The summed E-state index contributed by atoms with van der Waals surface area (Å²) in [5.74, 6) is -0.170. The summed E-state index contributed by atoms with van der Waals surface area (Å²) in [6.07, 6.45) is 1.07. The van der Waals surface area contributed by atoms with E-state index in [2.05, 4.69) is 45.0 Å². The number of anilines is 1. The molecule has 0 heterocycles. The van der Waals surface area contributed by atoms with Gasteiger partial charge in [0.15, 0.2) is 0 Å². The molecule has 0 aromatic heterocycles. The second-order valence-electron chi connectivity index (χ2n) is 4.85. The largest absolute Gasteiger partial charge is 0.372 e. The van der Waals surface area contributed by atoms with E-state index in [9.17, 15) is 4.39 Å². The van der Waals surface area contributed by atoms with E-state index in [0.29, 0.717) is 6.04 Å². The molecular weight excluding hydrogens is 227 g/mol. The molecule has 3 heteroatoms. The standard InChI is InChI=1S/C15H25FN2/c1-6-11(3)18(5)15-9-8-13(16)10-14(15)12(4)17-7-2/h8-12,17H,6-7H2,1-5H3. The first kappa shape index (κ1) is 15.0. The van der Waals surface area contributed by atoms with E-state index in [0.717, 1.165) is 24.2 Å². The van der Waals surface area contributed by atoms with E-state index in [1.165, 1.54) is 6.07 Å². The van der Waals surface area contributed by atoms with E-state index >= 15 is 0 Å². The third-order valence-corrected chi connectivity index (χ3v) is 3.60. The van der Waals surface area contributed by atoms with Gasteiger partial charge >= 0.3 is 0 Å². The van der Waals surface area contributed by atoms with Crippen LogP contribution in [-0.2, 0) is 0 Å². The van der Waals surface area contributed by atoms with Gasteiger partial charge in [-0.3, -0.25) is 0 Å². The van der Waals surface area contributed by atoms with Gasteiger partial charge in [-0.1, -0.05) is 13.8 Å². The Balaban J connectivity index is 3.10. The molecule has 18 heavy (non-hydrogen) atoms. The Hall–Kier alpha value is -1.09. The van der Waals surface area contributed by atoms with E-state index in [-0.39, 0.29) is 11.9 Å². The van der Waals surface area contributed by atoms with Crippen LogP contribution in [0.4, 0.5) is 10.1 Å². The zero-order valence-electron chi connectivity index (χ0n) is 12.1. The fourth-order valence-corrected chi connectivity index (χ4v) is 2.12. The lowest BCUT2D eigenvalue weighted by atomic mass is 10.0. The molecule has 0 aliphatic heterocycles. The Kier molecular flexibility index (Phi) is 5.60. The van der Waals surface area contributed by atoms with Gasteiger partial charge in [0.05, 0.1) is 0 Å². The molecule has 0 saturated carbocycles. The monoisotopic (exact) mass is 252 g/mol. The summed E-state index contributed by atoms with van der Waals surface area (Å²) < 4.78 is 13.4. The summed E-state index contributed by atoms with van der Waals surface area (Å²) in [6.45, 7) is 9.37. The lowest BCUT2D eigenvalue weighted by Crippen LogP contribution is -2.30. The van der Waals surface area contributed by atoms with Crippen molar-refractivity contribution in [1.29, 1.82) is 0 Å². The molecule has 0 fully saturated rings. The average Bonchev–Trinajstić information content (AvgIpc) is 2.37. The lowest BCUT2D eigenvalue weighted by Gasteiger charge is -2.30. The molecule has 1 aromatic rings. The van der Waals surface area contributed by atoms with E-state index in [1.807, 2.05) is 6.07 Å². The number of halogens is 1. The second-order valence-corrected chi connectivity index (χ2v) is 4.85. The van der Waals surface area contributed by atoms with Crippen LogP contribution in [0.1, 0.15) is 45.7 Å². The van der Waals surface area contributed by atoms with Gasteiger partial charge < -0.3 is 10.2 Å². The van der Waals surface area contributed by atoms with Gasteiger partial charge in [-0.05, 0) is 50.6 Å². The van der Waals surface area contributed by atoms with Gasteiger partial charge in [0.2, 0.25) is 0 Å². The molecule has 0 bridgehead atoms. The number of nitrogens with one attached hydrogen (secondary N) is 1. The number of hydrogen-bond acceptors (Lipinski definition) is 2. The van der Waals surface area contributed by atoms with Crippen molar-refractivity contribution in [3.8, 4) is 0 Å². The van der Waals surface area contributed by atoms with E-state index in [1.54, 1.807) is 6.07 Å². The summed E-state index contributed by atoms with van der Waals surface area (Å²) in [4.78, 5) is 2.22. The normalized spacial score (nSPS) is 14.3. The molecule has 2 nitrogen and oxygen atoms in total. The van der Waals surface area contributed by atoms with Gasteiger partial charge in [0, 0.05) is 24.8 Å². The van der Waals surface area contributed by atoms with Crippen LogP contribution in [0.2, 0.25) is 0 Å². The number of nitrogens with zero attached hydrogens (tertiary/aromatic N) is 1. The Labute approximate surface area is 110 Å². The van der Waals surface area contributed by atoms with Crippen LogP contribution >= 0.6 is 0 Å². The Morgan fingerprint density at radius 2 is 1.94 bits per heavy atom. The van der Waals surface area contributed by atoms with E-state index in [4.69, 9.17) is 0 Å². The van der Waals surface area contributed by atoms with Crippen molar-refractivity contribution in [2.45, 2.75) is 46.2 Å². The van der Waals surface area contributed by atoms with Gasteiger partial charge in [0.1, 0.15) is 5.82 Å². The van der Waals surface area contributed by atoms with Crippen LogP contribution in [0.25, 0.3) is 0 Å². The maximum atomic E-state index is 13.4. The predicted octanol–water partition coefficient (Wildman–Crippen LogP) is 3.73. The van der Waals surface area contributed by atoms with Crippen LogP contribution in [0.15, 0.2) is 18.2 Å². The maximum Gasteiger partial charge on any atom is 0.123 e. The molecule has 0 radical (unpaired) electrons. The van der Waals surface area contributed by atoms with Crippen molar-refractivity contribution < 1.29 is 4.39 Å². The highest BCUT2D eigenvalue weighted by molar-refractivity contribution is 5.55. The molecule has 1 aromatic carbocycles. The lowest BCUT2D eigenvalue weighted by molar-refractivity contribution is 0.576. The number of hydrogen-bond donors (Lipinski definition) is 1. The fourth-order valence-electron chi connectivity index (χ4n) is 2.12. The van der Waals surface area contributed by atoms with Gasteiger partial charge in [-0.15, -0.1) is 0 Å². The SMILES string of the molecule is CCNC(C)c1cc(F)ccc1N(C)C(C)CC. The molecular formula is C15H25FN2. The number of benzene rings is 1. The van der Waals surface area contributed by atoms with Crippen molar-refractivity contribution in [2.75, 3.05) is 18.5 Å². The zero-order valence-corrected chi connectivity index (χ0v) is 12.1. The highest BCUT2D eigenvalue weighted by Gasteiger charge is 2.16. The van der Waals surface area contributed by atoms with Crippen molar-refractivity contribution >= 4 is 5.69 Å². The summed E-state index contributed by atoms with van der Waals surface area (Å²) in [5, 5.41) is 3.35. The van der Waals surface area contributed by atoms with Crippen LogP contribution in [0.3, 0.4) is 0 Å². The maximum absolute atomic E-state index is 13.4. The summed E-state index contributed by atoms with van der Waals surface area (Å²) >= 11 is 0. The minimum Gasteiger partial charge on any atom is -0.372 e. The van der Waals surface area contributed by atoms with Crippen molar-refractivity contribution in [2.24, 2.45) is 0 Å². The minimum atomic E-state index is -0.170. The minimum absolute atomic E-state index is 0.159. The first-order chi connectivity index (χ1) is 8.51. The molecule has 2 unspecified atom stereocenters. The summed E-state index contributed by atoms with van der Waals surface area (Å²) in [6, 6.07) is 5.66. The molecule has 0 amide bonds. The third kappa shape index (κ3) is 3.45. The molecule has 0 aliphatic rings. The third-order valence-electron chi connectivity index (χ3n) is 3.60. The van der Waals surface area contributed by atoms with E-state index < -0.39 is 0 Å². The number of rotatable bonds is 6. The molecule has 2 atom stereocenters. The molecule has 0 aliphatic carbocycles. The highest BCUT2D eigenvalue weighted by Crippen LogP contribution is 2.28. The van der Waals surface area contributed by atoms with Crippen molar-refractivity contribution in [3.05, 3.63) is 29.6 Å². The highest BCUT2D eigenvalue weighted by atomic mass is 19.1. The van der Waals surface area contributed by atoms with Gasteiger partial charge in [0.25, 0.3) is 0 Å². The Morgan fingerprint density at radius 3 is 2.50 bits per heavy atom.